The summed E-state index contributed by atoms with van der Waals surface area (Å²) in [7, 11) is 0. The van der Waals surface area contributed by atoms with Gasteiger partial charge in [0.2, 0.25) is 0 Å². The van der Waals surface area contributed by atoms with E-state index >= 15 is 0 Å². The summed E-state index contributed by atoms with van der Waals surface area (Å²) in [5.74, 6) is 0.625. The van der Waals surface area contributed by atoms with E-state index in [-0.39, 0.29) is 0 Å². The molecule has 0 unspecified atom stereocenters. The summed E-state index contributed by atoms with van der Waals surface area (Å²) in [5, 5.41) is 0. The molecule has 0 aromatic heterocycles. The van der Waals surface area contributed by atoms with E-state index in [4.69, 9.17) is 0 Å². The fourth-order valence-electron chi connectivity index (χ4n) is 2.27. The molecule has 0 aromatic carbocycles. The van der Waals surface area contributed by atoms with Gasteiger partial charge in [-0.05, 0) is 24.7 Å². The van der Waals surface area contributed by atoms with Gasteiger partial charge < -0.3 is 0 Å². The predicted octanol–water partition coefficient (Wildman–Crippen LogP) is 4.11. The fraction of sp³-hybridized carbons (Fsp3) is 0.538. The molecule has 0 heterocycles. The quantitative estimate of drug-likeness (QED) is 0.553. The van der Waals surface area contributed by atoms with Crippen molar-refractivity contribution in [3.63, 3.8) is 0 Å². The molecule has 0 aromatic rings. The zero-order valence-corrected chi connectivity index (χ0v) is 8.79. The van der Waals surface area contributed by atoms with Gasteiger partial charge in [-0.15, -0.1) is 6.58 Å². The van der Waals surface area contributed by atoms with E-state index < -0.39 is 0 Å². The van der Waals surface area contributed by atoms with Gasteiger partial charge in [0.15, 0.2) is 0 Å². The third kappa shape index (κ3) is 1.93. The number of allylic oxidation sites excluding steroid dienone is 5. The van der Waals surface area contributed by atoms with Gasteiger partial charge in [-0.25, -0.2) is 0 Å². The van der Waals surface area contributed by atoms with Crippen molar-refractivity contribution >= 4 is 0 Å². The van der Waals surface area contributed by atoms with Crippen LogP contribution in [0, 0.1) is 11.3 Å². The van der Waals surface area contributed by atoms with Crippen molar-refractivity contribution in [1.29, 1.82) is 0 Å². The summed E-state index contributed by atoms with van der Waals surface area (Å²) in [4.78, 5) is 0. The van der Waals surface area contributed by atoms with Crippen molar-refractivity contribution < 1.29 is 0 Å². The van der Waals surface area contributed by atoms with Gasteiger partial charge >= 0.3 is 0 Å². The summed E-state index contributed by atoms with van der Waals surface area (Å²) < 4.78 is 0. The van der Waals surface area contributed by atoms with Crippen LogP contribution in [0.2, 0.25) is 0 Å². The van der Waals surface area contributed by atoms with Crippen LogP contribution in [0.15, 0.2) is 37.0 Å². The molecule has 1 rings (SSSR count). The standard InChI is InChI=1S/C13H20/c1-4-11-13(5-2,6-3)12-9-7-8-10-12/h4,7-10,12H,1,5-6,11H2,2-3H3. The zero-order valence-electron chi connectivity index (χ0n) is 8.79. The van der Waals surface area contributed by atoms with Crippen LogP contribution in [0.5, 0.6) is 0 Å². The molecule has 0 radical (unpaired) electrons. The molecule has 0 spiro atoms. The molecule has 0 bridgehead atoms. The van der Waals surface area contributed by atoms with Crippen LogP contribution in [0.4, 0.5) is 0 Å². The minimum absolute atomic E-state index is 0.422. The predicted molar refractivity (Wildman–Crippen MR) is 59.6 cm³/mol. The average Bonchev–Trinajstić information content (AvgIpc) is 2.68. The summed E-state index contributed by atoms with van der Waals surface area (Å²) in [6.07, 6.45) is 14.6. The number of rotatable bonds is 5. The summed E-state index contributed by atoms with van der Waals surface area (Å²) in [6.45, 7) is 8.43. The van der Waals surface area contributed by atoms with Crippen molar-refractivity contribution in [1.82, 2.24) is 0 Å². The Morgan fingerprint density at radius 2 is 1.77 bits per heavy atom. The highest BCUT2D eigenvalue weighted by molar-refractivity contribution is 5.21. The van der Waals surface area contributed by atoms with E-state index in [1.165, 1.54) is 12.8 Å². The summed E-state index contributed by atoms with van der Waals surface area (Å²) >= 11 is 0. The Hall–Kier alpha value is -0.780. The van der Waals surface area contributed by atoms with Gasteiger partial charge in [-0.3, -0.25) is 0 Å². The van der Waals surface area contributed by atoms with Crippen LogP contribution >= 0.6 is 0 Å². The maximum atomic E-state index is 3.86. The van der Waals surface area contributed by atoms with Crippen molar-refractivity contribution in [3.05, 3.63) is 37.0 Å². The average molecular weight is 176 g/mol. The lowest BCUT2D eigenvalue weighted by Crippen LogP contribution is -2.25. The Morgan fingerprint density at radius 3 is 2.15 bits per heavy atom. The molecule has 0 fully saturated rings. The fourth-order valence-corrected chi connectivity index (χ4v) is 2.27. The minimum Gasteiger partial charge on any atom is -0.103 e. The van der Waals surface area contributed by atoms with Gasteiger partial charge in [0.05, 0.1) is 0 Å². The second-order valence-corrected chi connectivity index (χ2v) is 3.86. The molecule has 1 aliphatic rings. The Morgan fingerprint density at radius 1 is 1.23 bits per heavy atom. The van der Waals surface area contributed by atoms with E-state index in [1.807, 2.05) is 0 Å². The van der Waals surface area contributed by atoms with Gasteiger partial charge in [-0.2, -0.15) is 0 Å². The van der Waals surface area contributed by atoms with Gasteiger partial charge in [0.25, 0.3) is 0 Å². The van der Waals surface area contributed by atoms with Crippen molar-refractivity contribution in [2.45, 2.75) is 33.1 Å². The van der Waals surface area contributed by atoms with Crippen LogP contribution in [0.3, 0.4) is 0 Å². The van der Waals surface area contributed by atoms with Crippen LogP contribution in [0.1, 0.15) is 33.1 Å². The topological polar surface area (TPSA) is 0 Å². The first-order valence-electron chi connectivity index (χ1n) is 5.25. The molecule has 0 saturated heterocycles. The largest absolute Gasteiger partial charge is 0.103 e. The number of hydrogen-bond donors (Lipinski definition) is 0. The SMILES string of the molecule is C=CCC(CC)(CC)C1C=CC=C1. The Labute approximate surface area is 82.0 Å². The molecule has 0 nitrogen and oxygen atoms in total. The Balaban J connectivity index is 2.80. The summed E-state index contributed by atoms with van der Waals surface area (Å²) in [6, 6.07) is 0. The van der Waals surface area contributed by atoms with E-state index in [0.29, 0.717) is 11.3 Å². The van der Waals surface area contributed by atoms with Gasteiger partial charge in [0.1, 0.15) is 0 Å². The molecule has 0 heteroatoms. The molecule has 0 atom stereocenters. The lowest BCUT2D eigenvalue weighted by atomic mass is 9.69. The van der Waals surface area contributed by atoms with Crippen LogP contribution in [0.25, 0.3) is 0 Å². The first-order chi connectivity index (χ1) is 6.29. The maximum absolute atomic E-state index is 3.86. The lowest BCUT2D eigenvalue weighted by Gasteiger charge is -2.35. The highest BCUT2D eigenvalue weighted by Gasteiger charge is 2.31. The molecular formula is C13H20. The zero-order chi connectivity index (χ0) is 9.73. The third-order valence-electron chi connectivity index (χ3n) is 3.41. The first-order valence-corrected chi connectivity index (χ1v) is 5.25. The van der Waals surface area contributed by atoms with E-state index in [1.54, 1.807) is 0 Å². The molecule has 0 aliphatic heterocycles. The monoisotopic (exact) mass is 176 g/mol. The molecular weight excluding hydrogens is 156 g/mol. The number of hydrogen-bond acceptors (Lipinski definition) is 0. The van der Waals surface area contributed by atoms with Crippen LogP contribution < -0.4 is 0 Å². The first kappa shape index (κ1) is 10.3. The molecule has 0 amide bonds. The second kappa shape index (κ2) is 4.45. The summed E-state index contributed by atoms with van der Waals surface area (Å²) in [5.41, 5.74) is 0.422. The van der Waals surface area contributed by atoms with Crippen LogP contribution in [-0.2, 0) is 0 Å². The second-order valence-electron chi connectivity index (χ2n) is 3.86. The maximum Gasteiger partial charge on any atom is 0.00120 e. The lowest BCUT2D eigenvalue weighted by molar-refractivity contribution is 0.217. The highest BCUT2D eigenvalue weighted by atomic mass is 14.4. The molecule has 1 aliphatic carbocycles. The van der Waals surface area contributed by atoms with Crippen molar-refractivity contribution in [3.8, 4) is 0 Å². The minimum atomic E-state index is 0.422. The molecule has 72 valence electrons. The molecule has 0 N–H and O–H groups in total. The Kier molecular flexibility index (Phi) is 3.53. The van der Waals surface area contributed by atoms with Gasteiger partial charge in [0, 0.05) is 5.92 Å². The smallest absolute Gasteiger partial charge is 0.00120 e. The van der Waals surface area contributed by atoms with Crippen LogP contribution in [-0.4, -0.2) is 0 Å². The van der Waals surface area contributed by atoms with E-state index in [9.17, 15) is 0 Å². The normalized spacial score (nSPS) is 16.8. The van der Waals surface area contributed by atoms with Crippen molar-refractivity contribution in [2.24, 2.45) is 11.3 Å². The van der Waals surface area contributed by atoms with Gasteiger partial charge in [-0.1, -0.05) is 44.2 Å². The van der Waals surface area contributed by atoms with E-state index in [0.717, 1.165) is 6.42 Å². The van der Waals surface area contributed by atoms with E-state index in [2.05, 4.69) is 50.8 Å². The van der Waals surface area contributed by atoms with Crippen molar-refractivity contribution in [2.75, 3.05) is 0 Å². The Bertz CT molecular complexity index is 204. The highest BCUT2D eigenvalue weighted by Crippen LogP contribution is 2.42. The molecule has 13 heavy (non-hydrogen) atoms. The molecule has 0 saturated carbocycles. The third-order valence-corrected chi connectivity index (χ3v) is 3.41.